The number of hydrogen-bond donors (Lipinski definition) is 0. The number of carbonyl (C=O) groups is 1. The first-order valence-corrected chi connectivity index (χ1v) is 3.95. The van der Waals surface area contributed by atoms with Crippen LogP contribution in [0.25, 0.3) is 0 Å². The first kappa shape index (κ1) is 8.92. The minimum atomic E-state index is -0.568. The standard InChI is InChI=1S/C9H13N2O/c1-5-9(2,3)11-7-6-10(4)8(11)12/h6-7H2,2-4H3. The molecule has 1 fully saturated rings. The highest BCUT2D eigenvalue weighted by Crippen LogP contribution is 2.18. The summed E-state index contributed by atoms with van der Waals surface area (Å²) in [5.41, 5.74) is -0.568. The van der Waals surface area contributed by atoms with Crippen molar-refractivity contribution in [3.8, 4) is 5.92 Å². The summed E-state index contributed by atoms with van der Waals surface area (Å²) in [4.78, 5) is 14.7. The molecule has 0 spiro atoms. The molecule has 0 aliphatic carbocycles. The normalized spacial score (nSPS) is 18.3. The molecule has 0 atom stereocenters. The van der Waals surface area contributed by atoms with Gasteiger partial charge in [-0.05, 0) is 20.3 Å². The van der Waals surface area contributed by atoms with E-state index in [-0.39, 0.29) is 6.03 Å². The van der Waals surface area contributed by atoms with E-state index in [0.29, 0.717) is 6.54 Å². The van der Waals surface area contributed by atoms with Gasteiger partial charge in [0.2, 0.25) is 0 Å². The minimum absolute atomic E-state index is 0.0141. The number of rotatable bonds is 1. The molecule has 3 heteroatoms. The Morgan fingerprint density at radius 2 is 2.08 bits per heavy atom. The van der Waals surface area contributed by atoms with Crippen LogP contribution in [0.1, 0.15) is 13.8 Å². The van der Waals surface area contributed by atoms with Crippen molar-refractivity contribution in [2.75, 3.05) is 20.1 Å². The fourth-order valence-corrected chi connectivity index (χ4v) is 1.23. The number of carbonyl (C=O) groups excluding carboxylic acids is 1. The lowest BCUT2D eigenvalue weighted by Gasteiger charge is -2.29. The molecule has 0 N–H and O–H groups in total. The van der Waals surface area contributed by atoms with Crippen molar-refractivity contribution in [2.45, 2.75) is 19.4 Å². The summed E-state index contributed by atoms with van der Waals surface area (Å²) >= 11 is 0. The number of amides is 2. The second-order valence-corrected chi connectivity index (χ2v) is 3.54. The van der Waals surface area contributed by atoms with Crippen LogP contribution >= 0.6 is 0 Å². The van der Waals surface area contributed by atoms with Gasteiger partial charge in [-0.3, -0.25) is 0 Å². The quantitative estimate of drug-likeness (QED) is 0.525. The fraction of sp³-hybridized carbons (Fsp3) is 0.667. The molecule has 1 rings (SSSR count). The molecular formula is C9H13N2O. The van der Waals surface area contributed by atoms with E-state index in [1.165, 1.54) is 0 Å². The van der Waals surface area contributed by atoms with Crippen LogP contribution in [0.2, 0.25) is 0 Å². The van der Waals surface area contributed by atoms with E-state index in [9.17, 15) is 4.79 Å². The summed E-state index contributed by atoms with van der Waals surface area (Å²) in [5.74, 6) is 2.36. The molecule has 0 unspecified atom stereocenters. The monoisotopic (exact) mass is 165 g/mol. The smallest absolute Gasteiger partial charge is 0.321 e. The lowest BCUT2D eigenvalue weighted by Crippen LogP contribution is -2.44. The second-order valence-electron chi connectivity index (χ2n) is 3.54. The van der Waals surface area contributed by atoms with Gasteiger partial charge in [0.1, 0.15) is 5.54 Å². The van der Waals surface area contributed by atoms with E-state index in [2.05, 4.69) is 5.92 Å². The van der Waals surface area contributed by atoms with E-state index in [4.69, 9.17) is 6.42 Å². The van der Waals surface area contributed by atoms with Gasteiger partial charge >= 0.3 is 6.03 Å². The molecule has 2 amide bonds. The highest BCUT2D eigenvalue weighted by molar-refractivity contribution is 5.77. The minimum Gasteiger partial charge on any atom is -0.326 e. The van der Waals surface area contributed by atoms with Gasteiger partial charge in [0.25, 0.3) is 0 Å². The predicted octanol–water partition coefficient (Wildman–Crippen LogP) is 0.722. The highest BCUT2D eigenvalue weighted by atomic mass is 16.2. The SMILES string of the molecule is [C]#CC(C)(C)N1CCN(C)C1=O. The van der Waals surface area contributed by atoms with Crippen LogP contribution in [-0.4, -0.2) is 41.5 Å². The van der Waals surface area contributed by atoms with Gasteiger partial charge in [-0.15, -0.1) is 0 Å². The van der Waals surface area contributed by atoms with Gasteiger partial charge in [-0.2, -0.15) is 0 Å². The van der Waals surface area contributed by atoms with Crippen LogP contribution < -0.4 is 0 Å². The second kappa shape index (κ2) is 2.71. The number of urea groups is 1. The van der Waals surface area contributed by atoms with Gasteiger partial charge < -0.3 is 9.80 Å². The van der Waals surface area contributed by atoms with E-state index in [1.54, 1.807) is 16.8 Å². The van der Waals surface area contributed by atoms with Crippen LogP contribution in [0, 0.1) is 12.3 Å². The van der Waals surface area contributed by atoms with Gasteiger partial charge in [0.05, 0.1) is 0 Å². The lowest BCUT2D eigenvalue weighted by molar-refractivity contribution is 0.173. The molecular weight excluding hydrogens is 152 g/mol. The predicted molar refractivity (Wildman–Crippen MR) is 45.9 cm³/mol. The van der Waals surface area contributed by atoms with Crippen molar-refractivity contribution in [1.82, 2.24) is 9.80 Å². The molecule has 1 saturated heterocycles. The Labute approximate surface area is 73.3 Å². The fourth-order valence-electron chi connectivity index (χ4n) is 1.23. The van der Waals surface area contributed by atoms with Crippen LogP contribution in [0.3, 0.4) is 0 Å². The van der Waals surface area contributed by atoms with Gasteiger partial charge in [0.15, 0.2) is 0 Å². The molecule has 1 aliphatic heterocycles. The van der Waals surface area contributed by atoms with Crippen molar-refractivity contribution in [3.63, 3.8) is 0 Å². The highest BCUT2D eigenvalue weighted by Gasteiger charge is 2.35. The Kier molecular flexibility index (Phi) is 2.01. The summed E-state index contributed by atoms with van der Waals surface area (Å²) in [6.45, 7) is 5.06. The maximum Gasteiger partial charge on any atom is 0.321 e. The zero-order valence-electron chi connectivity index (χ0n) is 7.72. The number of hydrogen-bond acceptors (Lipinski definition) is 1. The first-order valence-electron chi connectivity index (χ1n) is 3.95. The number of nitrogens with zero attached hydrogens (tertiary/aromatic N) is 2. The third-order valence-electron chi connectivity index (χ3n) is 2.20. The summed E-state index contributed by atoms with van der Waals surface area (Å²) < 4.78 is 0. The largest absolute Gasteiger partial charge is 0.326 e. The summed E-state index contributed by atoms with van der Waals surface area (Å²) in [5, 5.41) is 0. The molecule has 1 radical (unpaired) electrons. The third kappa shape index (κ3) is 1.25. The zero-order chi connectivity index (χ0) is 9.35. The van der Waals surface area contributed by atoms with E-state index >= 15 is 0 Å². The van der Waals surface area contributed by atoms with E-state index in [1.807, 2.05) is 13.8 Å². The Balaban J connectivity index is 2.80. The van der Waals surface area contributed by atoms with Crippen molar-refractivity contribution in [2.24, 2.45) is 0 Å². The molecule has 1 aliphatic rings. The Morgan fingerprint density at radius 3 is 2.42 bits per heavy atom. The summed E-state index contributed by atoms with van der Waals surface area (Å²) in [6, 6.07) is -0.0141. The van der Waals surface area contributed by atoms with Crippen LogP contribution in [0.5, 0.6) is 0 Å². The molecule has 12 heavy (non-hydrogen) atoms. The molecule has 0 aromatic rings. The maximum absolute atomic E-state index is 11.4. The molecule has 1 heterocycles. The van der Waals surface area contributed by atoms with Crippen molar-refractivity contribution < 1.29 is 4.79 Å². The Hall–Kier alpha value is -1.17. The summed E-state index contributed by atoms with van der Waals surface area (Å²) in [7, 11) is 1.77. The Morgan fingerprint density at radius 1 is 1.50 bits per heavy atom. The average molecular weight is 165 g/mol. The van der Waals surface area contributed by atoms with Crippen molar-refractivity contribution in [1.29, 1.82) is 0 Å². The zero-order valence-corrected chi connectivity index (χ0v) is 7.72. The number of likely N-dealkylation sites (N-methyl/N-ethyl adjacent to an activating group) is 1. The average Bonchev–Trinajstić information content (AvgIpc) is 2.33. The van der Waals surface area contributed by atoms with Crippen molar-refractivity contribution in [3.05, 3.63) is 6.42 Å². The topological polar surface area (TPSA) is 23.6 Å². The van der Waals surface area contributed by atoms with E-state index in [0.717, 1.165) is 6.54 Å². The van der Waals surface area contributed by atoms with Crippen LogP contribution in [0.15, 0.2) is 0 Å². The van der Waals surface area contributed by atoms with Crippen LogP contribution in [-0.2, 0) is 0 Å². The first-order chi connectivity index (χ1) is 5.49. The molecule has 65 valence electrons. The molecule has 0 saturated carbocycles. The van der Waals surface area contributed by atoms with Crippen molar-refractivity contribution >= 4 is 6.03 Å². The molecule has 0 aromatic heterocycles. The third-order valence-corrected chi connectivity index (χ3v) is 2.20. The molecule has 0 bridgehead atoms. The molecule has 3 nitrogen and oxygen atoms in total. The van der Waals surface area contributed by atoms with Crippen LogP contribution in [0.4, 0.5) is 4.79 Å². The summed E-state index contributed by atoms with van der Waals surface area (Å²) in [6.07, 6.45) is 7.06. The maximum atomic E-state index is 11.4. The Bertz CT molecular complexity index is 239. The van der Waals surface area contributed by atoms with E-state index < -0.39 is 5.54 Å². The van der Waals surface area contributed by atoms with Gasteiger partial charge in [-0.25, -0.2) is 4.79 Å². The molecule has 0 aromatic carbocycles. The van der Waals surface area contributed by atoms with Gasteiger partial charge in [0, 0.05) is 20.1 Å². The van der Waals surface area contributed by atoms with Gasteiger partial charge in [-0.1, -0.05) is 5.92 Å². The lowest BCUT2D eigenvalue weighted by atomic mass is 10.1.